The van der Waals surface area contributed by atoms with Crippen molar-refractivity contribution in [1.82, 2.24) is 0 Å². The number of nitrogens with zero attached hydrogens (tertiary/aromatic N) is 1. The van der Waals surface area contributed by atoms with Gasteiger partial charge in [0.2, 0.25) is 0 Å². The molecule has 0 spiro atoms. The summed E-state index contributed by atoms with van der Waals surface area (Å²) in [6.45, 7) is 0.918. The SMILES string of the molecule is COc1cccc(CN(C)c2ccccc2CN)c1F. The Bertz CT molecular complexity index is 586. The fraction of sp³-hybridized carbons (Fsp3) is 0.250. The van der Waals surface area contributed by atoms with Gasteiger partial charge in [-0.15, -0.1) is 0 Å². The third kappa shape index (κ3) is 2.91. The molecule has 4 heteroatoms. The van der Waals surface area contributed by atoms with Gasteiger partial charge in [-0.1, -0.05) is 30.3 Å². The maximum atomic E-state index is 14.2. The van der Waals surface area contributed by atoms with Gasteiger partial charge in [-0.25, -0.2) is 4.39 Å². The summed E-state index contributed by atoms with van der Waals surface area (Å²) in [7, 11) is 3.39. The van der Waals surface area contributed by atoms with Crippen molar-refractivity contribution in [3.8, 4) is 5.75 Å². The molecule has 0 aliphatic heterocycles. The second-order valence-electron chi connectivity index (χ2n) is 4.62. The summed E-state index contributed by atoms with van der Waals surface area (Å²) >= 11 is 0. The lowest BCUT2D eigenvalue weighted by molar-refractivity contribution is 0.384. The van der Waals surface area contributed by atoms with Gasteiger partial charge in [0, 0.05) is 31.4 Å². The molecular formula is C16H19FN2O. The quantitative estimate of drug-likeness (QED) is 0.911. The Balaban J connectivity index is 2.26. The number of para-hydroxylation sites is 1. The highest BCUT2D eigenvalue weighted by atomic mass is 19.1. The van der Waals surface area contributed by atoms with Crippen molar-refractivity contribution in [3.05, 3.63) is 59.4 Å². The van der Waals surface area contributed by atoms with Gasteiger partial charge < -0.3 is 15.4 Å². The molecule has 3 nitrogen and oxygen atoms in total. The number of hydrogen-bond donors (Lipinski definition) is 1. The number of ether oxygens (including phenoxy) is 1. The van der Waals surface area contributed by atoms with Crippen LogP contribution in [0.5, 0.6) is 5.75 Å². The van der Waals surface area contributed by atoms with E-state index in [0.717, 1.165) is 11.3 Å². The number of rotatable bonds is 5. The number of nitrogens with two attached hydrogens (primary N) is 1. The molecule has 20 heavy (non-hydrogen) atoms. The van der Waals surface area contributed by atoms with Crippen LogP contribution in [0, 0.1) is 5.82 Å². The van der Waals surface area contributed by atoms with Crippen LogP contribution in [-0.2, 0) is 13.1 Å². The Kier molecular flexibility index (Phi) is 4.58. The largest absolute Gasteiger partial charge is 0.494 e. The van der Waals surface area contributed by atoms with Crippen LogP contribution in [0.1, 0.15) is 11.1 Å². The number of anilines is 1. The molecule has 0 fully saturated rings. The molecule has 0 heterocycles. The molecule has 0 amide bonds. The molecule has 2 aromatic rings. The second-order valence-corrected chi connectivity index (χ2v) is 4.62. The van der Waals surface area contributed by atoms with Crippen molar-refractivity contribution in [2.45, 2.75) is 13.1 Å². The zero-order chi connectivity index (χ0) is 14.5. The minimum absolute atomic E-state index is 0.267. The van der Waals surface area contributed by atoms with Gasteiger partial charge in [-0.05, 0) is 17.7 Å². The van der Waals surface area contributed by atoms with E-state index in [0.29, 0.717) is 18.7 Å². The Morgan fingerprint density at radius 2 is 1.80 bits per heavy atom. The van der Waals surface area contributed by atoms with Gasteiger partial charge in [0.25, 0.3) is 0 Å². The smallest absolute Gasteiger partial charge is 0.170 e. The van der Waals surface area contributed by atoms with E-state index in [1.807, 2.05) is 36.2 Å². The Morgan fingerprint density at radius 1 is 1.10 bits per heavy atom. The summed E-state index contributed by atoms with van der Waals surface area (Å²) in [5.74, 6) is -0.0462. The maximum absolute atomic E-state index is 14.2. The molecule has 0 aromatic heterocycles. The lowest BCUT2D eigenvalue weighted by Gasteiger charge is -2.22. The molecule has 2 rings (SSSR count). The molecule has 0 bridgehead atoms. The van der Waals surface area contributed by atoms with E-state index in [4.69, 9.17) is 10.5 Å². The van der Waals surface area contributed by atoms with E-state index >= 15 is 0 Å². The first-order chi connectivity index (χ1) is 9.67. The van der Waals surface area contributed by atoms with Crippen LogP contribution in [0.25, 0.3) is 0 Å². The summed E-state index contributed by atoms with van der Waals surface area (Å²) < 4.78 is 19.2. The minimum Gasteiger partial charge on any atom is -0.494 e. The standard InChI is InChI=1S/C16H19FN2O/c1-19(14-8-4-3-6-12(14)10-18)11-13-7-5-9-15(20-2)16(13)17/h3-9H,10-11,18H2,1-2H3. The van der Waals surface area contributed by atoms with Crippen molar-refractivity contribution in [2.24, 2.45) is 5.73 Å². The van der Waals surface area contributed by atoms with E-state index in [9.17, 15) is 4.39 Å². The topological polar surface area (TPSA) is 38.5 Å². The van der Waals surface area contributed by atoms with E-state index in [1.54, 1.807) is 18.2 Å². The van der Waals surface area contributed by atoms with Crippen molar-refractivity contribution in [2.75, 3.05) is 19.1 Å². The number of hydrogen-bond acceptors (Lipinski definition) is 3. The van der Waals surface area contributed by atoms with Gasteiger partial charge in [0.05, 0.1) is 7.11 Å². The summed E-state index contributed by atoms with van der Waals surface area (Å²) in [5.41, 5.74) is 8.38. The van der Waals surface area contributed by atoms with Crippen LogP contribution in [0.4, 0.5) is 10.1 Å². The zero-order valence-corrected chi connectivity index (χ0v) is 11.8. The third-order valence-electron chi connectivity index (χ3n) is 3.29. The van der Waals surface area contributed by atoms with Crippen LogP contribution in [0.3, 0.4) is 0 Å². The predicted octanol–water partition coefficient (Wildman–Crippen LogP) is 2.93. The molecule has 2 N–H and O–H groups in total. The highest BCUT2D eigenvalue weighted by molar-refractivity contribution is 5.53. The molecule has 106 valence electrons. The van der Waals surface area contributed by atoms with Crippen LogP contribution < -0.4 is 15.4 Å². The van der Waals surface area contributed by atoms with E-state index in [1.165, 1.54) is 7.11 Å². The number of halogens is 1. The van der Waals surface area contributed by atoms with Crippen LogP contribution in [0.2, 0.25) is 0 Å². The van der Waals surface area contributed by atoms with Crippen molar-refractivity contribution >= 4 is 5.69 Å². The lowest BCUT2D eigenvalue weighted by atomic mass is 10.1. The minimum atomic E-state index is -0.313. The second kappa shape index (κ2) is 6.39. The lowest BCUT2D eigenvalue weighted by Crippen LogP contribution is -2.19. The Labute approximate surface area is 118 Å². The highest BCUT2D eigenvalue weighted by Gasteiger charge is 2.12. The summed E-state index contributed by atoms with van der Waals surface area (Å²) in [6, 6.07) is 13.0. The molecule has 0 atom stereocenters. The predicted molar refractivity (Wildman–Crippen MR) is 79.4 cm³/mol. The van der Waals surface area contributed by atoms with E-state index in [-0.39, 0.29) is 11.6 Å². The van der Waals surface area contributed by atoms with Gasteiger partial charge in [0.15, 0.2) is 11.6 Å². The molecule has 2 aromatic carbocycles. The van der Waals surface area contributed by atoms with E-state index in [2.05, 4.69) is 0 Å². The summed E-state index contributed by atoms with van der Waals surface area (Å²) in [5, 5.41) is 0. The van der Waals surface area contributed by atoms with Gasteiger partial charge in [-0.2, -0.15) is 0 Å². The highest BCUT2D eigenvalue weighted by Crippen LogP contribution is 2.24. The molecule has 0 aliphatic rings. The first-order valence-electron chi connectivity index (χ1n) is 6.48. The average Bonchev–Trinajstić information content (AvgIpc) is 2.49. The van der Waals surface area contributed by atoms with Gasteiger partial charge in [-0.3, -0.25) is 0 Å². The number of benzene rings is 2. The fourth-order valence-corrected chi connectivity index (χ4v) is 2.23. The van der Waals surface area contributed by atoms with Gasteiger partial charge >= 0.3 is 0 Å². The first kappa shape index (κ1) is 14.3. The first-order valence-corrected chi connectivity index (χ1v) is 6.48. The number of methoxy groups -OCH3 is 1. The molecule has 0 saturated carbocycles. The monoisotopic (exact) mass is 274 g/mol. The average molecular weight is 274 g/mol. The normalized spacial score (nSPS) is 10.4. The summed E-state index contributed by atoms with van der Waals surface area (Å²) in [6.07, 6.45) is 0. The van der Waals surface area contributed by atoms with Crippen LogP contribution >= 0.6 is 0 Å². The van der Waals surface area contributed by atoms with Crippen molar-refractivity contribution in [1.29, 1.82) is 0 Å². The van der Waals surface area contributed by atoms with Crippen molar-refractivity contribution in [3.63, 3.8) is 0 Å². The van der Waals surface area contributed by atoms with Crippen LogP contribution in [0.15, 0.2) is 42.5 Å². The molecule has 0 unspecified atom stereocenters. The summed E-state index contributed by atoms with van der Waals surface area (Å²) in [4.78, 5) is 1.99. The molecule has 0 radical (unpaired) electrons. The fourth-order valence-electron chi connectivity index (χ4n) is 2.23. The molecule has 0 aliphatic carbocycles. The van der Waals surface area contributed by atoms with Crippen molar-refractivity contribution < 1.29 is 9.13 Å². The third-order valence-corrected chi connectivity index (χ3v) is 3.29. The Morgan fingerprint density at radius 3 is 2.50 bits per heavy atom. The van der Waals surface area contributed by atoms with E-state index < -0.39 is 0 Å². The molecule has 0 saturated heterocycles. The maximum Gasteiger partial charge on any atom is 0.170 e. The van der Waals surface area contributed by atoms with Gasteiger partial charge in [0.1, 0.15) is 0 Å². The van der Waals surface area contributed by atoms with Crippen LogP contribution in [-0.4, -0.2) is 14.2 Å². The Hall–Kier alpha value is -2.07. The molecular weight excluding hydrogens is 255 g/mol. The zero-order valence-electron chi connectivity index (χ0n) is 11.8.